The highest BCUT2D eigenvalue weighted by molar-refractivity contribution is 7.22. The van der Waals surface area contributed by atoms with Crippen LogP contribution in [0.4, 0.5) is 5.13 Å². The van der Waals surface area contributed by atoms with Crippen molar-refractivity contribution in [2.45, 2.75) is 64.6 Å². The zero-order valence-electron chi connectivity index (χ0n) is 22.2. The molecule has 0 atom stereocenters. The zero-order chi connectivity index (χ0) is 26.3. The molecular formula is C30H33N3O4S. The van der Waals surface area contributed by atoms with Crippen LogP contribution in [0.5, 0.6) is 0 Å². The van der Waals surface area contributed by atoms with Gasteiger partial charge in [0.25, 0.3) is 0 Å². The van der Waals surface area contributed by atoms with E-state index >= 15 is 0 Å². The molecule has 0 bridgehead atoms. The molecule has 0 N–H and O–H groups in total. The van der Waals surface area contributed by atoms with Gasteiger partial charge in [0.05, 0.1) is 35.1 Å². The average molecular weight is 532 g/mol. The lowest BCUT2D eigenvalue weighted by molar-refractivity contribution is 0.0244. The number of aromatic nitrogens is 2. The lowest BCUT2D eigenvalue weighted by Gasteiger charge is -2.31. The highest BCUT2D eigenvalue weighted by Gasteiger charge is 2.45. The third-order valence-electron chi connectivity index (χ3n) is 7.80. The van der Waals surface area contributed by atoms with E-state index in [1.165, 1.54) is 5.56 Å². The molecule has 38 heavy (non-hydrogen) atoms. The number of thiazole rings is 1. The molecule has 198 valence electrons. The summed E-state index contributed by atoms with van der Waals surface area (Å²) in [6.07, 6.45) is 4.30. The topological polar surface area (TPSA) is 77.7 Å². The third kappa shape index (κ3) is 4.83. The van der Waals surface area contributed by atoms with Gasteiger partial charge in [0.15, 0.2) is 5.13 Å². The first-order valence-electron chi connectivity index (χ1n) is 13.4. The molecule has 0 radical (unpaired) electrons. The van der Waals surface area contributed by atoms with Gasteiger partial charge in [-0.2, -0.15) is 0 Å². The number of esters is 1. The molecule has 1 aliphatic carbocycles. The van der Waals surface area contributed by atoms with Crippen LogP contribution < -0.4 is 4.90 Å². The number of hydrogen-bond donors (Lipinski definition) is 0. The van der Waals surface area contributed by atoms with Crippen molar-refractivity contribution in [2.75, 3.05) is 24.6 Å². The molecule has 2 fully saturated rings. The van der Waals surface area contributed by atoms with Crippen molar-refractivity contribution in [3.05, 3.63) is 64.9 Å². The van der Waals surface area contributed by atoms with Gasteiger partial charge in [0, 0.05) is 29.6 Å². The third-order valence-corrected chi connectivity index (χ3v) is 8.88. The number of benzene rings is 2. The van der Waals surface area contributed by atoms with Crippen LogP contribution in [0.25, 0.3) is 21.5 Å². The summed E-state index contributed by atoms with van der Waals surface area (Å²) in [4.78, 5) is 19.3. The SMILES string of the molecule is CCOC(=O)c1ccc2nc(N3CCC(OCc4c(-c5ccccc5C)noc4C4(C)CC4)CC3)sc2c1. The van der Waals surface area contributed by atoms with Crippen molar-refractivity contribution >= 4 is 32.7 Å². The van der Waals surface area contributed by atoms with Crippen LogP contribution in [0, 0.1) is 6.92 Å². The van der Waals surface area contributed by atoms with Gasteiger partial charge in [-0.1, -0.05) is 47.7 Å². The molecule has 3 heterocycles. The number of ether oxygens (including phenoxy) is 2. The number of carbonyl (C=O) groups is 1. The molecule has 0 spiro atoms. The number of piperidine rings is 1. The Labute approximate surface area is 226 Å². The molecule has 1 saturated heterocycles. The van der Waals surface area contributed by atoms with Crippen LogP contribution in [-0.2, 0) is 21.5 Å². The molecule has 6 rings (SSSR count). The highest BCUT2D eigenvalue weighted by atomic mass is 32.1. The molecule has 7 nitrogen and oxygen atoms in total. The summed E-state index contributed by atoms with van der Waals surface area (Å²) in [6, 6.07) is 13.9. The van der Waals surface area contributed by atoms with Gasteiger partial charge in [-0.3, -0.25) is 0 Å². The highest BCUT2D eigenvalue weighted by Crippen LogP contribution is 2.50. The van der Waals surface area contributed by atoms with Crippen LogP contribution in [0.3, 0.4) is 0 Å². The second-order valence-corrected chi connectivity index (χ2v) is 11.6. The van der Waals surface area contributed by atoms with Crippen LogP contribution >= 0.6 is 11.3 Å². The molecule has 2 aromatic heterocycles. The van der Waals surface area contributed by atoms with Crippen LogP contribution in [0.15, 0.2) is 47.0 Å². The standard InChI is InChI=1S/C30H33N3O4S/c1-4-35-28(34)20-9-10-24-25(17-20)38-29(31-24)33-15-11-21(12-16-33)36-18-23-26(22-8-6-5-7-19(22)2)32-37-27(23)30(3)13-14-30/h5-10,17,21H,4,11-16,18H2,1-3H3. The van der Waals surface area contributed by atoms with Gasteiger partial charge in [0.1, 0.15) is 11.5 Å². The summed E-state index contributed by atoms with van der Waals surface area (Å²) in [6.45, 7) is 8.83. The fourth-order valence-corrected chi connectivity index (χ4v) is 6.24. The molecule has 0 unspecified atom stereocenters. The fourth-order valence-electron chi connectivity index (χ4n) is 5.19. The van der Waals surface area contributed by atoms with Crippen LogP contribution in [0.1, 0.15) is 66.8 Å². The van der Waals surface area contributed by atoms with Crippen LogP contribution in [0.2, 0.25) is 0 Å². The van der Waals surface area contributed by atoms with Gasteiger partial charge in [-0.15, -0.1) is 0 Å². The van der Waals surface area contributed by atoms with Crippen molar-refractivity contribution in [3.8, 4) is 11.3 Å². The average Bonchev–Trinajstić information content (AvgIpc) is 3.34. The van der Waals surface area contributed by atoms with Gasteiger partial charge in [-0.05, 0) is 63.3 Å². The van der Waals surface area contributed by atoms with Gasteiger partial charge in [0.2, 0.25) is 0 Å². The van der Waals surface area contributed by atoms with E-state index in [2.05, 4.69) is 48.2 Å². The lowest BCUT2D eigenvalue weighted by atomic mass is 9.96. The molecule has 2 aliphatic rings. The maximum Gasteiger partial charge on any atom is 0.338 e. The second-order valence-electron chi connectivity index (χ2n) is 10.6. The Balaban J connectivity index is 1.12. The predicted molar refractivity (Wildman–Crippen MR) is 149 cm³/mol. The number of aryl methyl sites for hydroxylation is 1. The summed E-state index contributed by atoms with van der Waals surface area (Å²) in [5, 5.41) is 5.51. The number of rotatable bonds is 8. The summed E-state index contributed by atoms with van der Waals surface area (Å²) < 4.78 is 18.6. The number of anilines is 1. The van der Waals surface area contributed by atoms with E-state index in [0.29, 0.717) is 18.8 Å². The Morgan fingerprint density at radius 3 is 2.71 bits per heavy atom. The minimum atomic E-state index is -0.292. The number of fused-ring (bicyclic) bond motifs is 1. The normalized spacial score (nSPS) is 17.2. The van der Waals surface area contributed by atoms with E-state index in [-0.39, 0.29) is 17.5 Å². The molecule has 0 amide bonds. The first kappa shape index (κ1) is 25.1. The Kier molecular flexibility index (Phi) is 6.70. The fraction of sp³-hybridized carbons (Fsp3) is 0.433. The summed E-state index contributed by atoms with van der Waals surface area (Å²) in [5.41, 5.74) is 5.88. The molecule has 1 saturated carbocycles. The summed E-state index contributed by atoms with van der Waals surface area (Å²) >= 11 is 1.62. The second kappa shape index (κ2) is 10.2. The van der Waals surface area contributed by atoms with Crippen molar-refractivity contribution in [1.82, 2.24) is 10.1 Å². The minimum Gasteiger partial charge on any atom is -0.462 e. The van der Waals surface area contributed by atoms with Gasteiger partial charge in [-0.25, -0.2) is 9.78 Å². The first-order chi connectivity index (χ1) is 18.4. The Morgan fingerprint density at radius 1 is 1.18 bits per heavy atom. The molecular weight excluding hydrogens is 498 g/mol. The first-order valence-corrected chi connectivity index (χ1v) is 14.3. The molecule has 4 aromatic rings. The Morgan fingerprint density at radius 2 is 1.97 bits per heavy atom. The number of hydrogen-bond acceptors (Lipinski definition) is 8. The van der Waals surface area contributed by atoms with Crippen molar-refractivity contribution in [2.24, 2.45) is 0 Å². The van der Waals surface area contributed by atoms with Crippen molar-refractivity contribution < 1.29 is 18.8 Å². The molecule has 1 aliphatic heterocycles. The van der Waals surface area contributed by atoms with Crippen molar-refractivity contribution in [3.63, 3.8) is 0 Å². The monoisotopic (exact) mass is 531 g/mol. The Hall–Kier alpha value is -3.23. The Bertz CT molecular complexity index is 1460. The molecule has 2 aromatic carbocycles. The summed E-state index contributed by atoms with van der Waals surface area (Å²) in [7, 11) is 0. The summed E-state index contributed by atoms with van der Waals surface area (Å²) in [5.74, 6) is 0.699. The van der Waals surface area contributed by atoms with Crippen molar-refractivity contribution in [1.29, 1.82) is 0 Å². The smallest absolute Gasteiger partial charge is 0.338 e. The zero-order valence-corrected chi connectivity index (χ0v) is 23.0. The minimum absolute atomic E-state index is 0.0793. The van der Waals surface area contributed by atoms with E-state index in [0.717, 1.165) is 76.7 Å². The van der Waals surface area contributed by atoms with E-state index in [4.69, 9.17) is 19.0 Å². The van der Waals surface area contributed by atoms with Crippen LogP contribution in [-0.4, -0.2) is 41.9 Å². The van der Waals surface area contributed by atoms with Gasteiger partial charge >= 0.3 is 5.97 Å². The molecule has 8 heteroatoms. The quantitative estimate of drug-likeness (QED) is 0.235. The van der Waals surface area contributed by atoms with E-state index < -0.39 is 0 Å². The maximum absolute atomic E-state index is 12.1. The van der Waals surface area contributed by atoms with Gasteiger partial charge < -0.3 is 18.9 Å². The largest absolute Gasteiger partial charge is 0.462 e. The van der Waals surface area contributed by atoms with E-state index in [1.807, 2.05) is 19.1 Å². The van der Waals surface area contributed by atoms with E-state index in [9.17, 15) is 4.79 Å². The maximum atomic E-state index is 12.1. The predicted octanol–water partition coefficient (Wildman–Crippen LogP) is 6.67. The van der Waals surface area contributed by atoms with E-state index in [1.54, 1.807) is 17.4 Å². The lowest BCUT2D eigenvalue weighted by Crippen LogP contribution is -2.37. The number of nitrogens with zero attached hydrogens (tertiary/aromatic N) is 3. The number of carbonyl (C=O) groups excluding carboxylic acids is 1.